The monoisotopic (exact) mass is 426 g/mol. The third-order valence-electron chi connectivity index (χ3n) is 4.97. The largest absolute Gasteiger partial charge is 0.449 e. The molecular formula is C23H28N3O5+. The number of anilines is 2. The molecule has 3 rings (SSSR count). The minimum atomic E-state index is -0.958. The van der Waals surface area contributed by atoms with Crippen LogP contribution in [0.2, 0.25) is 0 Å². The third kappa shape index (κ3) is 6.91. The maximum Gasteiger partial charge on any atom is 0.338 e. The number of quaternary nitrogens is 1. The van der Waals surface area contributed by atoms with Gasteiger partial charge in [-0.1, -0.05) is 12.1 Å². The molecule has 8 nitrogen and oxygen atoms in total. The second kappa shape index (κ2) is 10.7. The first-order valence-corrected chi connectivity index (χ1v) is 10.3. The molecule has 0 unspecified atom stereocenters. The molecule has 0 aliphatic carbocycles. The Morgan fingerprint density at radius 1 is 0.968 bits per heavy atom. The lowest BCUT2D eigenvalue weighted by Gasteiger charge is -2.23. The summed E-state index contributed by atoms with van der Waals surface area (Å²) in [6, 6.07) is 14.0. The Balaban J connectivity index is 1.49. The van der Waals surface area contributed by atoms with Crippen LogP contribution < -0.4 is 15.5 Å². The van der Waals surface area contributed by atoms with E-state index in [0.717, 1.165) is 38.4 Å². The Kier molecular flexibility index (Phi) is 7.75. The Labute approximate surface area is 181 Å². The van der Waals surface area contributed by atoms with Gasteiger partial charge in [0.25, 0.3) is 5.91 Å². The molecule has 1 aliphatic heterocycles. The van der Waals surface area contributed by atoms with Crippen LogP contribution in [0.4, 0.5) is 11.4 Å². The van der Waals surface area contributed by atoms with Crippen molar-refractivity contribution in [3.05, 3.63) is 59.7 Å². The number of carbonyl (C=O) groups is 3. The summed E-state index contributed by atoms with van der Waals surface area (Å²) in [5, 5.41) is 5.34. The molecule has 1 heterocycles. The highest BCUT2D eigenvalue weighted by molar-refractivity contribution is 5.97. The fourth-order valence-corrected chi connectivity index (χ4v) is 3.25. The van der Waals surface area contributed by atoms with Crippen molar-refractivity contribution in [3.63, 3.8) is 0 Å². The van der Waals surface area contributed by atoms with Crippen LogP contribution in [0.3, 0.4) is 0 Å². The van der Waals surface area contributed by atoms with Crippen molar-refractivity contribution < 1.29 is 28.8 Å². The molecule has 1 atom stereocenters. The number of rotatable bonds is 7. The summed E-state index contributed by atoms with van der Waals surface area (Å²) < 4.78 is 10.7. The predicted octanol–water partition coefficient (Wildman–Crippen LogP) is 1.24. The fraction of sp³-hybridized carbons (Fsp3) is 0.348. The van der Waals surface area contributed by atoms with E-state index in [9.17, 15) is 14.4 Å². The van der Waals surface area contributed by atoms with E-state index < -0.39 is 18.0 Å². The molecule has 1 saturated heterocycles. The molecule has 1 fully saturated rings. The lowest BCUT2D eigenvalue weighted by molar-refractivity contribution is -0.921. The van der Waals surface area contributed by atoms with E-state index in [1.54, 1.807) is 36.4 Å². The van der Waals surface area contributed by atoms with Crippen molar-refractivity contribution in [2.45, 2.75) is 26.5 Å². The number of morpholine rings is 1. The zero-order valence-corrected chi connectivity index (χ0v) is 17.8. The Bertz CT molecular complexity index is 906. The van der Waals surface area contributed by atoms with E-state index in [1.807, 2.05) is 12.1 Å². The van der Waals surface area contributed by atoms with E-state index >= 15 is 0 Å². The topological polar surface area (TPSA) is 98.2 Å². The molecule has 0 spiro atoms. The summed E-state index contributed by atoms with van der Waals surface area (Å²) in [6.45, 7) is 7.34. The van der Waals surface area contributed by atoms with Gasteiger partial charge in [-0.15, -0.1) is 0 Å². The van der Waals surface area contributed by atoms with Crippen LogP contribution in [-0.4, -0.2) is 50.2 Å². The molecule has 2 amide bonds. The van der Waals surface area contributed by atoms with Crippen molar-refractivity contribution in [3.8, 4) is 0 Å². The van der Waals surface area contributed by atoms with Gasteiger partial charge >= 0.3 is 5.97 Å². The SMILES string of the molecule is CC(=O)Nc1ccc(NC(=O)[C@@H](C)OC(=O)c2ccc(C[NH+]3CCOCC3)cc2)cc1. The van der Waals surface area contributed by atoms with Gasteiger partial charge in [-0.3, -0.25) is 9.59 Å². The van der Waals surface area contributed by atoms with Gasteiger partial charge in [0.05, 0.1) is 18.8 Å². The normalized spacial score (nSPS) is 15.0. The minimum absolute atomic E-state index is 0.173. The first-order chi connectivity index (χ1) is 14.9. The van der Waals surface area contributed by atoms with E-state index in [0.29, 0.717) is 16.9 Å². The molecule has 2 aromatic rings. The van der Waals surface area contributed by atoms with Crippen LogP contribution >= 0.6 is 0 Å². The second-order valence-electron chi connectivity index (χ2n) is 7.53. The number of amides is 2. The quantitative estimate of drug-likeness (QED) is 0.579. The molecule has 164 valence electrons. The summed E-state index contributed by atoms with van der Waals surface area (Å²) in [7, 11) is 0. The molecule has 0 aromatic heterocycles. The molecule has 0 radical (unpaired) electrons. The number of benzene rings is 2. The van der Waals surface area contributed by atoms with Crippen LogP contribution in [0, 0.1) is 0 Å². The zero-order chi connectivity index (χ0) is 22.2. The average molecular weight is 426 g/mol. The smallest absolute Gasteiger partial charge is 0.338 e. The lowest BCUT2D eigenvalue weighted by Crippen LogP contribution is -3.12. The maximum absolute atomic E-state index is 12.4. The minimum Gasteiger partial charge on any atom is -0.449 e. The van der Waals surface area contributed by atoms with Crippen LogP contribution in [0.5, 0.6) is 0 Å². The molecule has 1 aliphatic rings. The van der Waals surface area contributed by atoms with Gasteiger partial charge in [-0.25, -0.2) is 4.79 Å². The number of carbonyl (C=O) groups excluding carboxylic acids is 3. The molecule has 8 heteroatoms. The summed E-state index contributed by atoms with van der Waals surface area (Å²) in [4.78, 5) is 37.3. The highest BCUT2D eigenvalue weighted by Gasteiger charge is 2.20. The third-order valence-corrected chi connectivity index (χ3v) is 4.97. The highest BCUT2D eigenvalue weighted by Crippen LogP contribution is 2.14. The number of esters is 1. The van der Waals surface area contributed by atoms with Gasteiger partial charge in [0.1, 0.15) is 19.6 Å². The lowest BCUT2D eigenvalue weighted by atomic mass is 10.1. The van der Waals surface area contributed by atoms with E-state index in [2.05, 4.69) is 10.6 Å². The number of hydrogen-bond donors (Lipinski definition) is 3. The summed E-state index contributed by atoms with van der Waals surface area (Å²) in [6.07, 6.45) is -0.958. The Morgan fingerprint density at radius 2 is 1.55 bits per heavy atom. The van der Waals surface area contributed by atoms with E-state index in [-0.39, 0.29) is 5.91 Å². The molecule has 0 saturated carbocycles. The maximum atomic E-state index is 12.4. The van der Waals surface area contributed by atoms with E-state index in [1.165, 1.54) is 18.7 Å². The molecule has 2 aromatic carbocycles. The number of hydrogen-bond acceptors (Lipinski definition) is 5. The number of nitrogens with one attached hydrogen (secondary N) is 3. The molecular weight excluding hydrogens is 398 g/mol. The van der Waals surface area contributed by atoms with Gasteiger partial charge < -0.3 is 25.0 Å². The van der Waals surface area contributed by atoms with Gasteiger partial charge in [0.2, 0.25) is 5.91 Å². The first kappa shape index (κ1) is 22.5. The first-order valence-electron chi connectivity index (χ1n) is 10.3. The van der Waals surface area contributed by atoms with Crippen LogP contribution in [0.25, 0.3) is 0 Å². The predicted molar refractivity (Wildman–Crippen MR) is 116 cm³/mol. The highest BCUT2D eigenvalue weighted by atomic mass is 16.5. The van der Waals surface area contributed by atoms with Crippen molar-refractivity contribution in [2.24, 2.45) is 0 Å². The van der Waals surface area contributed by atoms with Crippen molar-refractivity contribution in [1.82, 2.24) is 0 Å². The molecule has 0 bridgehead atoms. The van der Waals surface area contributed by atoms with Crippen molar-refractivity contribution in [2.75, 3.05) is 36.9 Å². The Morgan fingerprint density at radius 3 is 2.13 bits per heavy atom. The van der Waals surface area contributed by atoms with Crippen LogP contribution in [0.1, 0.15) is 29.8 Å². The van der Waals surface area contributed by atoms with E-state index in [4.69, 9.17) is 9.47 Å². The summed E-state index contributed by atoms with van der Waals surface area (Å²) in [5.41, 5.74) is 2.71. The standard InChI is InChI=1S/C23H27N3O5/c1-16(22(28)25-21-9-7-20(8-10-21)24-17(2)27)31-23(29)19-5-3-18(4-6-19)15-26-11-13-30-14-12-26/h3-10,16H,11-15H2,1-2H3,(H,24,27)(H,25,28)/p+1/t16-/m1/s1. The fourth-order valence-electron chi connectivity index (χ4n) is 3.25. The van der Waals surface area contributed by atoms with Gasteiger partial charge in [0.15, 0.2) is 6.10 Å². The summed E-state index contributed by atoms with van der Waals surface area (Å²) in [5.74, 6) is -1.16. The van der Waals surface area contributed by atoms with Crippen LogP contribution in [0.15, 0.2) is 48.5 Å². The number of ether oxygens (including phenoxy) is 2. The molecule has 31 heavy (non-hydrogen) atoms. The Hall–Kier alpha value is -3.23. The summed E-state index contributed by atoms with van der Waals surface area (Å²) >= 11 is 0. The van der Waals surface area contributed by atoms with Gasteiger partial charge in [0, 0.05) is 23.9 Å². The van der Waals surface area contributed by atoms with Crippen LogP contribution in [-0.2, 0) is 25.6 Å². The second-order valence-corrected chi connectivity index (χ2v) is 7.53. The average Bonchev–Trinajstić information content (AvgIpc) is 2.76. The molecule has 3 N–H and O–H groups in total. The van der Waals surface area contributed by atoms with Gasteiger partial charge in [-0.2, -0.15) is 0 Å². The van der Waals surface area contributed by atoms with Crippen molar-refractivity contribution >= 4 is 29.2 Å². The van der Waals surface area contributed by atoms with Crippen molar-refractivity contribution in [1.29, 1.82) is 0 Å². The van der Waals surface area contributed by atoms with Gasteiger partial charge in [-0.05, 0) is 43.3 Å². The zero-order valence-electron chi connectivity index (χ0n) is 17.8.